The van der Waals surface area contributed by atoms with E-state index in [0.717, 1.165) is 30.6 Å². The zero-order valence-corrected chi connectivity index (χ0v) is 17.3. The largest absolute Gasteiger partial charge is 0.506 e. The summed E-state index contributed by atoms with van der Waals surface area (Å²) >= 11 is 0. The van der Waals surface area contributed by atoms with Crippen LogP contribution in [0, 0.1) is 11.3 Å². The maximum atomic E-state index is 13.0. The SMILES string of the molecule is COc1cc(OC)c(C2=CCN(C)CC2)c(O)c1C(=O)C=Cc1ccc(C#N)cc1. The molecule has 154 valence electrons. The van der Waals surface area contributed by atoms with Gasteiger partial charge in [0.15, 0.2) is 5.78 Å². The molecule has 0 spiro atoms. The molecule has 6 heteroatoms. The molecule has 1 N–H and O–H groups in total. The van der Waals surface area contributed by atoms with Crippen LogP contribution in [0.2, 0.25) is 0 Å². The number of hydrogen-bond donors (Lipinski definition) is 1. The summed E-state index contributed by atoms with van der Waals surface area (Å²) in [7, 11) is 5.00. The number of methoxy groups -OCH3 is 2. The Morgan fingerprint density at radius 2 is 1.90 bits per heavy atom. The summed E-state index contributed by atoms with van der Waals surface area (Å²) in [6, 6.07) is 10.6. The Hall–Kier alpha value is -3.56. The molecule has 0 atom stereocenters. The summed E-state index contributed by atoms with van der Waals surface area (Å²) in [6.45, 7) is 1.61. The first kappa shape index (κ1) is 21.2. The Labute approximate surface area is 176 Å². The van der Waals surface area contributed by atoms with Gasteiger partial charge in [-0.2, -0.15) is 5.26 Å². The standard InChI is InChI=1S/C24H24N2O4/c1-26-12-10-18(11-13-26)22-20(29-2)14-21(30-3)23(24(22)28)19(27)9-8-16-4-6-17(15-25)7-5-16/h4-10,14,28H,11-13H2,1-3H3. The van der Waals surface area contributed by atoms with Gasteiger partial charge in [-0.15, -0.1) is 0 Å². The van der Waals surface area contributed by atoms with E-state index in [9.17, 15) is 9.90 Å². The van der Waals surface area contributed by atoms with Crippen molar-refractivity contribution < 1.29 is 19.4 Å². The molecule has 1 aliphatic rings. The minimum Gasteiger partial charge on any atom is -0.506 e. The maximum Gasteiger partial charge on any atom is 0.193 e. The molecule has 1 aliphatic heterocycles. The van der Waals surface area contributed by atoms with Gasteiger partial charge in [-0.05, 0) is 42.8 Å². The average Bonchev–Trinajstić information content (AvgIpc) is 2.77. The molecular formula is C24H24N2O4. The first-order valence-corrected chi connectivity index (χ1v) is 9.57. The number of benzene rings is 2. The van der Waals surface area contributed by atoms with Crippen molar-refractivity contribution in [2.45, 2.75) is 6.42 Å². The Balaban J connectivity index is 2.02. The Morgan fingerprint density at radius 1 is 1.20 bits per heavy atom. The van der Waals surface area contributed by atoms with Gasteiger partial charge in [0.05, 0.1) is 31.4 Å². The highest BCUT2D eigenvalue weighted by Gasteiger charge is 2.26. The number of allylic oxidation sites excluding steroid dienone is 1. The van der Waals surface area contributed by atoms with Crippen molar-refractivity contribution in [3.8, 4) is 23.3 Å². The lowest BCUT2D eigenvalue weighted by Crippen LogP contribution is -2.23. The molecule has 1 heterocycles. The first-order valence-electron chi connectivity index (χ1n) is 9.57. The number of carbonyl (C=O) groups is 1. The molecule has 0 saturated carbocycles. The van der Waals surface area contributed by atoms with Crippen LogP contribution >= 0.6 is 0 Å². The van der Waals surface area contributed by atoms with Crippen molar-refractivity contribution in [3.05, 3.63) is 64.7 Å². The van der Waals surface area contributed by atoms with Crippen LogP contribution in [0.3, 0.4) is 0 Å². The molecule has 2 aromatic rings. The molecule has 0 aliphatic carbocycles. The van der Waals surface area contributed by atoms with E-state index >= 15 is 0 Å². The third-order valence-electron chi connectivity index (χ3n) is 5.12. The highest BCUT2D eigenvalue weighted by atomic mass is 16.5. The van der Waals surface area contributed by atoms with Crippen molar-refractivity contribution in [2.24, 2.45) is 0 Å². The van der Waals surface area contributed by atoms with E-state index in [4.69, 9.17) is 14.7 Å². The fraction of sp³-hybridized carbons (Fsp3) is 0.250. The van der Waals surface area contributed by atoms with Gasteiger partial charge < -0.3 is 19.5 Å². The highest BCUT2D eigenvalue weighted by Crippen LogP contribution is 2.44. The third kappa shape index (κ3) is 4.37. The Bertz CT molecular complexity index is 1050. The van der Waals surface area contributed by atoms with E-state index in [1.807, 2.05) is 13.1 Å². The lowest BCUT2D eigenvalue weighted by Gasteiger charge is -2.24. The van der Waals surface area contributed by atoms with Crippen LogP contribution in [-0.2, 0) is 0 Å². The predicted molar refractivity (Wildman–Crippen MR) is 116 cm³/mol. The molecule has 0 bridgehead atoms. The molecule has 0 unspecified atom stereocenters. The van der Waals surface area contributed by atoms with Gasteiger partial charge in [0.25, 0.3) is 0 Å². The number of phenolic OH excluding ortho intramolecular Hbond substituents is 1. The normalized spacial score (nSPS) is 14.3. The van der Waals surface area contributed by atoms with Crippen molar-refractivity contribution in [2.75, 3.05) is 34.4 Å². The van der Waals surface area contributed by atoms with E-state index in [0.29, 0.717) is 16.9 Å². The monoisotopic (exact) mass is 404 g/mol. The lowest BCUT2D eigenvalue weighted by atomic mass is 9.93. The second-order valence-corrected chi connectivity index (χ2v) is 7.05. The number of carbonyl (C=O) groups excluding carboxylic acids is 1. The number of phenols is 1. The van der Waals surface area contributed by atoms with Crippen molar-refractivity contribution in [3.63, 3.8) is 0 Å². The molecule has 6 nitrogen and oxygen atoms in total. The summed E-state index contributed by atoms with van der Waals surface area (Å²) in [6.07, 6.45) is 5.80. The topological polar surface area (TPSA) is 82.8 Å². The molecule has 0 aromatic heterocycles. The van der Waals surface area contributed by atoms with Crippen LogP contribution < -0.4 is 9.47 Å². The number of aromatic hydroxyl groups is 1. The smallest absolute Gasteiger partial charge is 0.193 e. The van der Waals surface area contributed by atoms with Gasteiger partial charge in [-0.1, -0.05) is 24.3 Å². The summed E-state index contributed by atoms with van der Waals surface area (Å²) < 4.78 is 10.9. The maximum absolute atomic E-state index is 13.0. The van der Waals surface area contributed by atoms with Gasteiger partial charge in [0.1, 0.15) is 22.8 Å². The molecule has 3 rings (SSSR count). The molecular weight excluding hydrogens is 380 g/mol. The zero-order chi connectivity index (χ0) is 21.7. The minimum atomic E-state index is -0.383. The Morgan fingerprint density at radius 3 is 2.47 bits per heavy atom. The molecule has 0 amide bonds. The van der Waals surface area contributed by atoms with E-state index in [1.165, 1.54) is 20.3 Å². The second-order valence-electron chi connectivity index (χ2n) is 7.05. The second kappa shape index (κ2) is 9.29. The number of rotatable bonds is 6. The van der Waals surface area contributed by atoms with Gasteiger partial charge in [0.2, 0.25) is 0 Å². The predicted octanol–water partition coefficient (Wildman–Crippen LogP) is 3.90. The fourth-order valence-corrected chi connectivity index (χ4v) is 3.41. The summed E-state index contributed by atoms with van der Waals surface area (Å²) in [4.78, 5) is 15.2. The van der Waals surface area contributed by atoms with Crippen LogP contribution in [0.25, 0.3) is 11.6 Å². The summed E-state index contributed by atoms with van der Waals surface area (Å²) in [5.74, 6) is 0.187. The zero-order valence-electron chi connectivity index (χ0n) is 17.3. The molecule has 2 aromatic carbocycles. The van der Waals surface area contributed by atoms with Gasteiger partial charge in [-0.3, -0.25) is 4.79 Å². The van der Waals surface area contributed by atoms with E-state index < -0.39 is 0 Å². The van der Waals surface area contributed by atoms with Crippen molar-refractivity contribution >= 4 is 17.4 Å². The van der Waals surface area contributed by atoms with Crippen molar-refractivity contribution in [1.29, 1.82) is 5.26 Å². The quantitative estimate of drug-likeness (QED) is 0.581. The van der Waals surface area contributed by atoms with E-state index in [1.54, 1.807) is 36.4 Å². The van der Waals surface area contributed by atoms with Crippen LogP contribution in [0.1, 0.15) is 33.5 Å². The van der Waals surface area contributed by atoms with Crippen LogP contribution in [0.4, 0.5) is 0 Å². The number of nitrogens with zero attached hydrogens (tertiary/aromatic N) is 2. The third-order valence-corrected chi connectivity index (χ3v) is 5.12. The number of ketones is 1. The average molecular weight is 404 g/mol. The molecule has 30 heavy (non-hydrogen) atoms. The summed E-state index contributed by atoms with van der Waals surface area (Å²) in [5, 5.41) is 20.0. The first-order chi connectivity index (χ1) is 14.5. The number of ether oxygens (including phenoxy) is 2. The number of nitriles is 1. The fourth-order valence-electron chi connectivity index (χ4n) is 3.41. The van der Waals surface area contributed by atoms with Crippen LogP contribution in [-0.4, -0.2) is 50.1 Å². The van der Waals surface area contributed by atoms with E-state index in [-0.39, 0.29) is 22.8 Å². The number of hydrogen-bond acceptors (Lipinski definition) is 6. The van der Waals surface area contributed by atoms with E-state index in [2.05, 4.69) is 11.0 Å². The molecule has 0 saturated heterocycles. The van der Waals surface area contributed by atoms with Gasteiger partial charge in [-0.25, -0.2) is 0 Å². The Kier molecular flexibility index (Phi) is 6.55. The van der Waals surface area contributed by atoms with Crippen molar-refractivity contribution in [1.82, 2.24) is 4.90 Å². The van der Waals surface area contributed by atoms with Crippen LogP contribution in [0.5, 0.6) is 17.2 Å². The van der Waals surface area contributed by atoms with Crippen LogP contribution in [0.15, 0.2) is 42.5 Å². The lowest BCUT2D eigenvalue weighted by molar-refractivity contribution is 0.104. The van der Waals surface area contributed by atoms with Gasteiger partial charge >= 0.3 is 0 Å². The number of likely N-dealkylation sites (N-methyl/N-ethyl adjacent to an activating group) is 1. The molecule has 0 fully saturated rings. The summed E-state index contributed by atoms with van der Waals surface area (Å²) in [5.41, 5.74) is 2.88. The molecule has 0 radical (unpaired) electrons. The van der Waals surface area contributed by atoms with Gasteiger partial charge in [0, 0.05) is 19.2 Å². The minimum absolute atomic E-state index is 0.0954. The highest BCUT2D eigenvalue weighted by molar-refractivity contribution is 6.11.